The highest BCUT2D eigenvalue weighted by molar-refractivity contribution is 5.91. The van der Waals surface area contributed by atoms with E-state index in [0.29, 0.717) is 6.42 Å². The average molecular weight is 284 g/mol. The van der Waals surface area contributed by atoms with Gasteiger partial charge < -0.3 is 11.1 Å². The lowest BCUT2D eigenvalue weighted by atomic mass is 9.94. The van der Waals surface area contributed by atoms with Gasteiger partial charge in [-0.15, -0.1) is 0 Å². The third kappa shape index (κ3) is 3.31. The first-order valence-corrected chi connectivity index (χ1v) is 7.33. The van der Waals surface area contributed by atoms with Crippen LogP contribution >= 0.6 is 0 Å². The fourth-order valence-electron chi connectivity index (χ4n) is 2.93. The summed E-state index contributed by atoms with van der Waals surface area (Å²) in [6, 6.07) is 9.61. The van der Waals surface area contributed by atoms with Gasteiger partial charge in [0.25, 0.3) is 0 Å². The predicted molar refractivity (Wildman–Crippen MR) is 82.7 cm³/mol. The zero-order chi connectivity index (χ0) is 14.7. The van der Waals surface area contributed by atoms with Crippen LogP contribution in [0.25, 0.3) is 11.3 Å². The summed E-state index contributed by atoms with van der Waals surface area (Å²) in [5.41, 5.74) is 8.72. The van der Waals surface area contributed by atoms with Gasteiger partial charge in [-0.1, -0.05) is 25.0 Å². The zero-order valence-corrected chi connectivity index (χ0v) is 11.9. The van der Waals surface area contributed by atoms with Crippen molar-refractivity contribution < 1.29 is 4.79 Å². The fourth-order valence-corrected chi connectivity index (χ4v) is 2.93. The normalized spacial score (nSPS) is 16.8. The van der Waals surface area contributed by atoms with E-state index in [2.05, 4.69) is 15.5 Å². The molecule has 21 heavy (non-hydrogen) atoms. The highest BCUT2D eigenvalue weighted by atomic mass is 16.1. The van der Waals surface area contributed by atoms with Gasteiger partial charge in [0, 0.05) is 23.8 Å². The fraction of sp³-hybridized carbons (Fsp3) is 0.375. The van der Waals surface area contributed by atoms with Crippen molar-refractivity contribution in [2.75, 3.05) is 5.32 Å². The minimum Gasteiger partial charge on any atom is -0.326 e. The van der Waals surface area contributed by atoms with Crippen LogP contribution in [0.3, 0.4) is 0 Å². The maximum atomic E-state index is 12.1. The van der Waals surface area contributed by atoms with Gasteiger partial charge in [0.05, 0.1) is 5.69 Å². The molecule has 0 atom stereocenters. The molecule has 3 rings (SSSR count). The molecule has 110 valence electrons. The summed E-state index contributed by atoms with van der Waals surface area (Å²) in [6.45, 7) is 0. The van der Waals surface area contributed by atoms with Crippen molar-refractivity contribution in [3.63, 3.8) is 0 Å². The average Bonchev–Trinajstić information content (AvgIpc) is 3.11. The van der Waals surface area contributed by atoms with E-state index < -0.39 is 0 Å². The molecule has 1 amide bonds. The van der Waals surface area contributed by atoms with Gasteiger partial charge in [0.15, 0.2) is 0 Å². The Balaban J connectivity index is 1.61. The number of hydrogen-bond acceptors (Lipinski definition) is 3. The Bertz CT molecular complexity index is 598. The number of anilines is 1. The van der Waals surface area contributed by atoms with Crippen molar-refractivity contribution in [1.82, 2.24) is 10.2 Å². The standard InChI is InChI=1S/C16H20N4O/c17-16(8-1-2-9-16)11-15(21)19-13-5-3-12(4-6-13)14-7-10-18-20-14/h3-7,10H,1-2,8-9,11,17H2,(H,18,20)(H,19,21). The van der Waals surface area contributed by atoms with Crippen LogP contribution in [0.15, 0.2) is 36.5 Å². The van der Waals surface area contributed by atoms with Gasteiger partial charge in [-0.3, -0.25) is 9.89 Å². The van der Waals surface area contributed by atoms with Crippen molar-refractivity contribution in [1.29, 1.82) is 0 Å². The second-order valence-corrected chi connectivity index (χ2v) is 5.84. The van der Waals surface area contributed by atoms with Crippen molar-refractivity contribution in [2.24, 2.45) is 5.73 Å². The van der Waals surface area contributed by atoms with E-state index in [9.17, 15) is 4.79 Å². The molecule has 1 aliphatic rings. The first-order valence-electron chi connectivity index (χ1n) is 7.33. The monoisotopic (exact) mass is 284 g/mol. The molecule has 1 aromatic carbocycles. The maximum absolute atomic E-state index is 12.1. The molecule has 0 aliphatic heterocycles. The van der Waals surface area contributed by atoms with Crippen molar-refractivity contribution in [2.45, 2.75) is 37.6 Å². The number of aromatic amines is 1. The van der Waals surface area contributed by atoms with Crippen LogP contribution in [0.5, 0.6) is 0 Å². The summed E-state index contributed by atoms with van der Waals surface area (Å²) in [6.07, 6.45) is 6.26. The Kier molecular flexibility index (Phi) is 3.75. The van der Waals surface area contributed by atoms with Gasteiger partial charge in [-0.05, 0) is 36.6 Å². The molecule has 0 saturated heterocycles. The largest absolute Gasteiger partial charge is 0.326 e. The number of carbonyl (C=O) groups excluding carboxylic acids is 1. The van der Waals surface area contributed by atoms with E-state index in [4.69, 9.17) is 5.73 Å². The number of amides is 1. The van der Waals surface area contributed by atoms with Crippen LogP contribution in [0.2, 0.25) is 0 Å². The molecule has 0 unspecified atom stereocenters. The first kappa shape index (κ1) is 13.8. The maximum Gasteiger partial charge on any atom is 0.226 e. The Morgan fingerprint density at radius 1 is 1.24 bits per heavy atom. The van der Waals surface area contributed by atoms with Crippen LogP contribution in [0, 0.1) is 0 Å². The van der Waals surface area contributed by atoms with Crippen LogP contribution in [0.4, 0.5) is 5.69 Å². The van der Waals surface area contributed by atoms with Crippen molar-refractivity contribution >= 4 is 11.6 Å². The predicted octanol–water partition coefficient (Wildman–Crippen LogP) is 2.68. The number of rotatable bonds is 4. The lowest BCUT2D eigenvalue weighted by molar-refractivity contribution is -0.117. The third-order valence-electron chi connectivity index (χ3n) is 4.09. The summed E-state index contributed by atoms with van der Waals surface area (Å²) in [5.74, 6) is -0.00584. The van der Waals surface area contributed by atoms with Gasteiger partial charge in [-0.2, -0.15) is 5.10 Å². The van der Waals surface area contributed by atoms with Crippen LogP contribution in [-0.2, 0) is 4.79 Å². The number of H-pyrrole nitrogens is 1. The van der Waals surface area contributed by atoms with Crippen LogP contribution < -0.4 is 11.1 Å². The number of nitrogens with one attached hydrogen (secondary N) is 2. The number of carbonyl (C=O) groups is 1. The molecule has 0 bridgehead atoms. The van der Waals surface area contributed by atoms with E-state index in [-0.39, 0.29) is 11.4 Å². The zero-order valence-electron chi connectivity index (χ0n) is 11.9. The van der Waals surface area contributed by atoms with Gasteiger partial charge in [-0.25, -0.2) is 0 Å². The molecular weight excluding hydrogens is 264 g/mol. The highest BCUT2D eigenvalue weighted by Crippen LogP contribution is 2.30. The van der Waals surface area contributed by atoms with E-state index in [1.54, 1.807) is 6.20 Å². The lowest BCUT2D eigenvalue weighted by Crippen LogP contribution is -2.40. The number of nitrogens with zero attached hydrogens (tertiary/aromatic N) is 1. The summed E-state index contributed by atoms with van der Waals surface area (Å²) < 4.78 is 0. The van der Waals surface area contributed by atoms with Crippen LogP contribution in [-0.4, -0.2) is 21.6 Å². The number of benzene rings is 1. The number of nitrogens with two attached hydrogens (primary N) is 1. The summed E-state index contributed by atoms with van der Waals surface area (Å²) >= 11 is 0. The molecule has 1 saturated carbocycles. The molecular formula is C16H20N4O. The second kappa shape index (κ2) is 5.69. The van der Waals surface area contributed by atoms with Gasteiger partial charge in [0.1, 0.15) is 0 Å². The second-order valence-electron chi connectivity index (χ2n) is 5.84. The summed E-state index contributed by atoms with van der Waals surface area (Å²) in [5, 5.41) is 9.76. The van der Waals surface area contributed by atoms with E-state index >= 15 is 0 Å². The Labute approximate surface area is 123 Å². The van der Waals surface area contributed by atoms with Crippen LogP contribution in [0.1, 0.15) is 32.1 Å². The Morgan fingerprint density at radius 2 is 1.95 bits per heavy atom. The summed E-state index contributed by atoms with van der Waals surface area (Å²) in [7, 11) is 0. The van der Waals surface area contributed by atoms with E-state index in [1.807, 2.05) is 30.3 Å². The molecule has 4 N–H and O–H groups in total. The Hall–Kier alpha value is -2.14. The third-order valence-corrected chi connectivity index (χ3v) is 4.09. The number of aromatic nitrogens is 2. The minimum atomic E-state index is -0.306. The van der Waals surface area contributed by atoms with E-state index in [1.165, 1.54) is 0 Å². The molecule has 1 aromatic heterocycles. The smallest absolute Gasteiger partial charge is 0.226 e. The molecule has 2 aromatic rings. The first-order chi connectivity index (χ1) is 10.1. The molecule has 5 heteroatoms. The molecule has 0 radical (unpaired) electrons. The van der Waals surface area contributed by atoms with Gasteiger partial charge >= 0.3 is 0 Å². The summed E-state index contributed by atoms with van der Waals surface area (Å²) in [4.78, 5) is 12.1. The topological polar surface area (TPSA) is 83.8 Å². The molecule has 1 heterocycles. The SMILES string of the molecule is NC1(CC(=O)Nc2ccc(-c3ccn[nH]3)cc2)CCCC1. The highest BCUT2D eigenvalue weighted by Gasteiger charge is 2.31. The molecule has 5 nitrogen and oxygen atoms in total. The van der Waals surface area contributed by atoms with Crippen molar-refractivity contribution in [3.05, 3.63) is 36.5 Å². The van der Waals surface area contributed by atoms with Gasteiger partial charge in [0.2, 0.25) is 5.91 Å². The molecule has 0 spiro atoms. The minimum absolute atomic E-state index is 0.00584. The lowest BCUT2D eigenvalue weighted by Gasteiger charge is -2.22. The molecule has 1 aliphatic carbocycles. The Morgan fingerprint density at radius 3 is 2.57 bits per heavy atom. The van der Waals surface area contributed by atoms with Crippen molar-refractivity contribution in [3.8, 4) is 11.3 Å². The van der Waals surface area contributed by atoms with E-state index in [0.717, 1.165) is 42.6 Å². The quantitative estimate of drug-likeness (QED) is 0.807. The molecule has 1 fully saturated rings. The number of hydrogen-bond donors (Lipinski definition) is 3.